The summed E-state index contributed by atoms with van der Waals surface area (Å²) in [5.41, 5.74) is 7.75. The maximum atomic E-state index is 13.1. The highest BCUT2D eigenvalue weighted by Gasteiger charge is 2.26. The van der Waals surface area contributed by atoms with Gasteiger partial charge in [-0.05, 0) is 50.5 Å². The Morgan fingerprint density at radius 3 is 2.63 bits per heavy atom. The molecule has 1 aromatic heterocycles. The van der Waals surface area contributed by atoms with Crippen LogP contribution >= 0.6 is 0 Å². The SMILES string of the molecule is Cc1c(C#N)c(NC(=O)COC(=O)c2ccc(F)cc2N)n(C2CCCCC2)c1C. The van der Waals surface area contributed by atoms with E-state index in [2.05, 4.69) is 11.4 Å². The number of esters is 1. The van der Waals surface area contributed by atoms with Gasteiger partial charge in [0.25, 0.3) is 5.91 Å². The van der Waals surface area contributed by atoms with Gasteiger partial charge in [-0.2, -0.15) is 5.26 Å². The normalized spacial score (nSPS) is 14.2. The monoisotopic (exact) mass is 412 g/mol. The molecule has 1 saturated carbocycles. The van der Waals surface area contributed by atoms with Gasteiger partial charge < -0.3 is 20.4 Å². The first kappa shape index (κ1) is 21.4. The number of benzene rings is 1. The first-order valence-corrected chi connectivity index (χ1v) is 9.97. The van der Waals surface area contributed by atoms with Crippen molar-refractivity contribution in [2.75, 3.05) is 17.7 Å². The van der Waals surface area contributed by atoms with Crippen LogP contribution in [0.2, 0.25) is 0 Å². The van der Waals surface area contributed by atoms with Crippen LogP contribution in [0.15, 0.2) is 18.2 Å². The molecule has 0 spiro atoms. The number of nitrogens with one attached hydrogen (secondary N) is 1. The van der Waals surface area contributed by atoms with E-state index in [1.165, 1.54) is 12.5 Å². The number of anilines is 2. The summed E-state index contributed by atoms with van der Waals surface area (Å²) < 4.78 is 20.2. The van der Waals surface area contributed by atoms with Crippen molar-refractivity contribution in [1.82, 2.24) is 4.57 Å². The van der Waals surface area contributed by atoms with E-state index in [0.717, 1.165) is 49.1 Å². The summed E-state index contributed by atoms with van der Waals surface area (Å²) in [5.74, 6) is -1.50. The largest absolute Gasteiger partial charge is 0.452 e. The highest BCUT2D eigenvalue weighted by molar-refractivity contribution is 5.98. The molecule has 3 rings (SSSR count). The average Bonchev–Trinajstić information content (AvgIpc) is 2.96. The van der Waals surface area contributed by atoms with Gasteiger partial charge >= 0.3 is 5.97 Å². The van der Waals surface area contributed by atoms with Gasteiger partial charge in [0.2, 0.25) is 0 Å². The summed E-state index contributed by atoms with van der Waals surface area (Å²) >= 11 is 0. The second-order valence-corrected chi connectivity index (χ2v) is 7.56. The third kappa shape index (κ3) is 4.30. The lowest BCUT2D eigenvalue weighted by Crippen LogP contribution is -2.25. The van der Waals surface area contributed by atoms with E-state index in [9.17, 15) is 19.2 Å². The van der Waals surface area contributed by atoms with Crippen LogP contribution in [-0.4, -0.2) is 23.1 Å². The summed E-state index contributed by atoms with van der Waals surface area (Å²) in [5, 5.41) is 12.4. The van der Waals surface area contributed by atoms with Crippen LogP contribution in [0, 0.1) is 31.0 Å². The van der Waals surface area contributed by atoms with E-state index in [0.29, 0.717) is 11.4 Å². The quantitative estimate of drug-likeness (QED) is 0.570. The Labute approximate surface area is 174 Å². The van der Waals surface area contributed by atoms with Crippen LogP contribution in [0.1, 0.15) is 65.3 Å². The lowest BCUT2D eigenvalue weighted by Gasteiger charge is -2.27. The number of nitrogens with zero attached hydrogens (tertiary/aromatic N) is 2. The number of carbonyl (C=O) groups is 2. The molecule has 0 bridgehead atoms. The molecule has 1 heterocycles. The van der Waals surface area contributed by atoms with Crippen molar-refractivity contribution < 1.29 is 18.7 Å². The van der Waals surface area contributed by atoms with Gasteiger partial charge in [-0.1, -0.05) is 19.3 Å². The van der Waals surface area contributed by atoms with Crippen molar-refractivity contribution in [2.24, 2.45) is 0 Å². The molecule has 0 atom stereocenters. The Balaban J connectivity index is 1.75. The summed E-state index contributed by atoms with van der Waals surface area (Å²) in [4.78, 5) is 24.7. The summed E-state index contributed by atoms with van der Waals surface area (Å²) in [7, 11) is 0. The topological polar surface area (TPSA) is 110 Å². The van der Waals surface area contributed by atoms with Crippen molar-refractivity contribution in [1.29, 1.82) is 5.26 Å². The first-order chi connectivity index (χ1) is 14.3. The highest BCUT2D eigenvalue weighted by Crippen LogP contribution is 2.36. The van der Waals surface area contributed by atoms with Gasteiger partial charge in [0.15, 0.2) is 6.61 Å². The number of hydrogen-bond acceptors (Lipinski definition) is 5. The molecule has 0 saturated heterocycles. The third-order valence-corrected chi connectivity index (χ3v) is 5.63. The van der Waals surface area contributed by atoms with Crippen molar-refractivity contribution in [3.8, 4) is 6.07 Å². The van der Waals surface area contributed by atoms with Crippen molar-refractivity contribution in [3.05, 3.63) is 46.4 Å². The van der Waals surface area contributed by atoms with Crippen LogP contribution in [0.5, 0.6) is 0 Å². The van der Waals surface area contributed by atoms with Crippen molar-refractivity contribution >= 4 is 23.4 Å². The molecule has 1 aliphatic rings. The predicted molar refractivity (Wildman–Crippen MR) is 110 cm³/mol. The number of aromatic nitrogens is 1. The lowest BCUT2D eigenvalue weighted by atomic mass is 9.95. The fraction of sp³-hybridized carbons (Fsp3) is 0.409. The molecule has 0 radical (unpaired) electrons. The third-order valence-electron chi connectivity index (χ3n) is 5.63. The molecular weight excluding hydrogens is 387 g/mol. The van der Waals surface area contributed by atoms with E-state index >= 15 is 0 Å². The van der Waals surface area contributed by atoms with E-state index in [1.807, 2.05) is 18.4 Å². The standard InChI is InChI=1S/C22H25FN4O3/c1-13-14(2)27(16-6-4-3-5-7-16)21(18(13)11-24)26-20(28)12-30-22(29)17-9-8-15(23)10-19(17)25/h8-10,16H,3-7,12,25H2,1-2H3,(H,26,28). The number of ether oxygens (including phenoxy) is 1. The molecule has 0 aliphatic heterocycles. The minimum absolute atomic E-state index is 0.0146. The zero-order chi connectivity index (χ0) is 21.8. The molecule has 0 unspecified atom stereocenters. The van der Waals surface area contributed by atoms with Crippen LogP contribution in [-0.2, 0) is 9.53 Å². The van der Waals surface area contributed by atoms with Crippen LogP contribution < -0.4 is 11.1 Å². The number of rotatable bonds is 5. The zero-order valence-corrected chi connectivity index (χ0v) is 17.1. The lowest BCUT2D eigenvalue weighted by molar-refractivity contribution is -0.119. The first-order valence-electron chi connectivity index (χ1n) is 9.97. The number of amides is 1. The number of nitriles is 1. The van der Waals surface area contributed by atoms with Gasteiger partial charge in [0.05, 0.1) is 11.1 Å². The van der Waals surface area contributed by atoms with Gasteiger partial charge in [0, 0.05) is 17.4 Å². The van der Waals surface area contributed by atoms with E-state index in [4.69, 9.17) is 10.5 Å². The Kier molecular flexibility index (Phi) is 6.40. The van der Waals surface area contributed by atoms with Gasteiger partial charge in [-0.3, -0.25) is 4.79 Å². The van der Waals surface area contributed by atoms with Crippen molar-refractivity contribution in [3.63, 3.8) is 0 Å². The zero-order valence-electron chi connectivity index (χ0n) is 17.1. The molecule has 7 nitrogen and oxygen atoms in total. The molecule has 1 aromatic carbocycles. The Hall–Kier alpha value is -3.34. The number of hydrogen-bond donors (Lipinski definition) is 2. The minimum atomic E-state index is -0.821. The maximum Gasteiger partial charge on any atom is 0.340 e. The molecule has 1 fully saturated rings. The highest BCUT2D eigenvalue weighted by atomic mass is 19.1. The average molecular weight is 412 g/mol. The second kappa shape index (κ2) is 8.99. The Bertz CT molecular complexity index is 1020. The number of nitrogen functional groups attached to an aromatic ring is 1. The Morgan fingerprint density at radius 2 is 2.00 bits per heavy atom. The van der Waals surface area contributed by atoms with E-state index < -0.39 is 24.3 Å². The Morgan fingerprint density at radius 1 is 1.30 bits per heavy atom. The fourth-order valence-corrected chi connectivity index (χ4v) is 3.98. The molecule has 8 heteroatoms. The van der Waals surface area contributed by atoms with Crippen LogP contribution in [0.25, 0.3) is 0 Å². The summed E-state index contributed by atoms with van der Waals surface area (Å²) in [6.45, 7) is 3.26. The van der Waals surface area contributed by atoms with Crippen molar-refractivity contribution in [2.45, 2.75) is 52.0 Å². The number of halogens is 1. The van der Waals surface area contributed by atoms with Gasteiger partial charge in [-0.25, -0.2) is 9.18 Å². The number of carbonyl (C=O) groups excluding carboxylic acids is 2. The summed E-state index contributed by atoms with van der Waals surface area (Å²) in [6.07, 6.45) is 5.37. The van der Waals surface area contributed by atoms with Gasteiger partial charge in [0.1, 0.15) is 17.7 Å². The fourth-order valence-electron chi connectivity index (χ4n) is 3.98. The van der Waals surface area contributed by atoms with Gasteiger partial charge in [-0.15, -0.1) is 0 Å². The molecule has 30 heavy (non-hydrogen) atoms. The van der Waals surface area contributed by atoms with Crippen LogP contribution in [0.3, 0.4) is 0 Å². The molecule has 2 aromatic rings. The molecular formula is C22H25FN4O3. The van der Waals surface area contributed by atoms with Crippen LogP contribution in [0.4, 0.5) is 15.9 Å². The van der Waals surface area contributed by atoms with E-state index in [1.54, 1.807) is 0 Å². The maximum absolute atomic E-state index is 13.1. The molecule has 1 amide bonds. The molecule has 1 aliphatic carbocycles. The van der Waals surface area contributed by atoms with E-state index in [-0.39, 0.29) is 17.3 Å². The summed E-state index contributed by atoms with van der Waals surface area (Å²) in [6, 6.07) is 5.71. The predicted octanol–water partition coefficient (Wildman–Crippen LogP) is 4.00. The molecule has 3 N–H and O–H groups in total. The second-order valence-electron chi connectivity index (χ2n) is 7.56. The number of nitrogens with two attached hydrogens (primary N) is 1. The minimum Gasteiger partial charge on any atom is -0.452 e. The molecule has 158 valence electrons. The smallest absolute Gasteiger partial charge is 0.340 e.